The van der Waals surface area contributed by atoms with E-state index >= 15 is 0 Å². The van der Waals surface area contributed by atoms with E-state index in [0.717, 1.165) is 37.4 Å². The molecule has 3 rings (SSSR count). The van der Waals surface area contributed by atoms with Crippen molar-refractivity contribution in [1.29, 1.82) is 0 Å². The largest absolute Gasteiger partial charge is 0.497 e. The van der Waals surface area contributed by atoms with E-state index < -0.39 is 0 Å². The molecule has 0 radical (unpaired) electrons. The van der Waals surface area contributed by atoms with Crippen LogP contribution in [0.25, 0.3) is 0 Å². The van der Waals surface area contributed by atoms with Gasteiger partial charge < -0.3 is 20.3 Å². The van der Waals surface area contributed by atoms with Crippen LogP contribution in [0.15, 0.2) is 54.6 Å². The number of quaternary nitrogens is 1. The van der Waals surface area contributed by atoms with Crippen molar-refractivity contribution in [2.75, 3.05) is 32.1 Å². The molecule has 0 aliphatic carbocycles. The number of rotatable bonds is 6. The highest BCUT2D eigenvalue weighted by Gasteiger charge is 2.25. The maximum atomic E-state index is 12.3. The number of ether oxygens (including phenoxy) is 1. The van der Waals surface area contributed by atoms with Crippen molar-refractivity contribution in [3.05, 3.63) is 60.2 Å². The van der Waals surface area contributed by atoms with Crippen LogP contribution in [0.1, 0.15) is 23.2 Å². The van der Waals surface area contributed by atoms with E-state index in [-0.39, 0.29) is 17.9 Å². The van der Waals surface area contributed by atoms with Crippen LogP contribution < -0.4 is 20.3 Å². The Balaban J connectivity index is 1.42. The normalized spacial score (nSPS) is 19.1. The van der Waals surface area contributed by atoms with E-state index in [4.69, 9.17) is 4.74 Å². The molecule has 0 bridgehead atoms. The summed E-state index contributed by atoms with van der Waals surface area (Å²) < 4.78 is 5.17. The number of piperidine rings is 1. The van der Waals surface area contributed by atoms with Gasteiger partial charge in [0.15, 0.2) is 6.54 Å². The van der Waals surface area contributed by atoms with Gasteiger partial charge >= 0.3 is 0 Å². The molecule has 0 unspecified atom stereocenters. The highest BCUT2D eigenvalue weighted by molar-refractivity contribution is 5.94. The average Bonchev–Trinajstić information content (AvgIpc) is 2.70. The van der Waals surface area contributed by atoms with Gasteiger partial charge in [-0.2, -0.15) is 0 Å². The Morgan fingerprint density at radius 2 is 1.81 bits per heavy atom. The topological polar surface area (TPSA) is 71.9 Å². The summed E-state index contributed by atoms with van der Waals surface area (Å²) in [6, 6.07) is 16.8. The van der Waals surface area contributed by atoms with Gasteiger partial charge in [0, 0.05) is 36.2 Å². The summed E-state index contributed by atoms with van der Waals surface area (Å²) >= 11 is 0. The number of carbonyl (C=O) groups excluding carboxylic acids is 2. The molecule has 1 fully saturated rings. The predicted molar refractivity (Wildman–Crippen MR) is 104 cm³/mol. The molecule has 3 N–H and O–H groups in total. The number of carbonyl (C=O) groups is 2. The molecule has 2 aromatic rings. The maximum absolute atomic E-state index is 12.3. The number of anilines is 1. The Hall–Kier alpha value is -2.86. The van der Waals surface area contributed by atoms with Gasteiger partial charge in [0.2, 0.25) is 0 Å². The fourth-order valence-corrected chi connectivity index (χ4v) is 3.34. The second kappa shape index (κ2) is 9.19. The van der Waals surface area contributed by atoms with E-state index in [1.807, 2.05) is 48.5 Å². The molecular weight excluding hydrogens is 342 g/mol. The maximum Gasteiger partial charge on any atom is 0.279 e. The molecule has 6 heteroatoms. The molecule has 0 saturated carbocycles. The first kappa shape index (κ1) is 18.9. The van der Waals surface area contributed by atoms with Gasteiger partial charge in [0.1, 0.15) is 5.75 Å². The van der Waals surface area contributed by atoms with Crippen LogP contribution in [0.3, 0.4) is 0 Å². The smallest absolute Gasteiger partial charge is 0.279 e. The van der Waals surface area contributed by atoms with Gasteiger partial charge in [0.05, 0.1) is 20.2 Å². The predicted octanol–water partition coefficient (Wildman–Crippen LogP) is 1.11. The van der Waals surface area contributed by atoms with E-state index in [1.165, 1.54) is 4.90 Å². The Kier molecular flexibility index (Phi) is 6.44. The van der Waals surface area contributed by atoms with Crippen molar-refractivity contribution < 1.29 is 19.2 Å². The Labute approximate surface area is 159 Å². The number of likely N-dealkylation sites (tertiary alicyclic amines) is 1. The van der Waals surface area contributed by atoms with Gasteiger partial charge in [-0.15, -0.1) is 0 Å². The number of nitrogens with one attached hydrogen (secondary N) is 3. The van der Waals surface area contributed by atoms with Crippen LogP contribution in [-0.2, 0) is 4.79 Å². The Morgan fingerprint density at radius 1 is 1.07 bits per heavy atom. The minimum absolute atomic E-state index is 0.00924. The first-order chi connectivity index (χ1) is 13.1. The fraction of sp³-hybridized carbons (Fsp3) is 0.333. The van der Waals surface area contributed by atoms with Crippen molar-refractivity contribution in [3.63, 3.8) is 0 Å². The third kappa shape index (κ3) is 5.56. The highest BCUT2D eigenvalue weighted by Crippen LogP contribution is 2.16. The number of amides is 2. The molecule has 2 amide bonds. The zero-order chi connectivity index (χ0) is 19.1. The monoisotopic (exact) mass is 368 g/mol. The quantitative estimate of drug-likeness (QED) is 0.715. The third-order valence-electron chi connectivity index (χ3n) is 4.83. The van der Waals surface area contributed by atoms with Crippen LogP contribution in [-0.4, -0.2) is 44.6 Å². The Morgan fingerprint density at radius 3 is 2.52 bits per heavy atom. The van der Waals surface area contributed by atoms with Gasteiger partial charge in [-0.1, -0.05) is 24.3 Å². The summed E-state index contributed by atoms with van der Waals surface area (Å²) in [4.78, 5) is 25.8. The third-order valence-corrected chi connectivity index (χ3v) is 4.83. The number of hydrogen-bond donors (Lipinski definition) is 3. The molecular formula is C21H26N3O3+. The average molecular weight is 368 g/mol. The first-order valence-corrected chi connectivity index (χ1v) is 9.27. The molecule has 1 aliphatic rings. The van der Waals surface area contributed by atoms with Gasteiger partial charge in [0.25, 0.3) is 11.8 Å². The highest BCUT2D eigenvalue weighted by atomic mass is 16.5. The summed E-state index contributed by atoms with van der Waals surface area (Å²) in [5.74, 6) is 0.681. The molecule has 0 aromatic heterocycles. The summed E-state index contributed by atoms with van der Waals surface area (Å²) in [7, 11) is 1.60. The van der Waals surface area contributed by atoms with E-state index in [1.54, 1.807) is 13.2 Å². The van der Waals surface area contributed by atoms with Crippen molar-refractivity contribution in [3.8, 4) is 5.75 Å². The van der Waals surface area contributed by atoms with Crippen LogP contribution in [0.5, 0.6) is 5.75 Å². The van der Waals surface area contributed by atoms with Crippen molar-refractivity contribution in [2.24, 2.45) is 0 Å². The minimum atomic E-state index is -0.0279. The molecule has 1 heterocycles. The van der Waals surface area contributed by atoms with Crippen LogP contribution in [0.4, 0.5) is 5.69 Å². The van der Waals surface area contributed by atoms with Crippen LogP contribution in [0.2, 0.25) is 0 Å². The first-order valence-electron chi connectivity index (χ1n) is 9.27. The minimum Gasteiger partial charge on any atom is -0.497 e. The van der Waals surface area contributed by atoms with Crippen LogP contribution in [0, 0.1) is 0 Å². The summed E-state index contributed by atoms with van der Waals surface area (Å²) in [5.41, 5.74) is 1.42. The van der Waals surface area contributed by atoms with Gasteiger partial charge in [-0.05, 0) is 24.3 Å². The molecule has 6 nitrogen and oxygen atoms in total. The lowest BCUT2D eigenvalue weighted by atomic mass is 10.0. The lowest BCUT2D eigenvalue weighted by Crippen LogP contribution is -3.14. The summed E-state index contributed by atoms with van der Waals surface area (Å²) in [5, 5.41) is 6.01. The van der Waals surface area contributed by atoms with E-state index in [9.17, 15) is 9.59 Å². The van der Waals surface area contributed by atoms with E-state index in [0.29, 0.717) is 12.1 Å². The molecule has 0 spiro atoms. The zero-order valence-electron chi connectivity index (χ0n) is 15.5. The Bertz CT molecular complexity index is 771. The molecule has 27 heavy (non-hydrogen) atoms. The van der Waals surface area contributed by atoms with Crippen molar-refractivity contribution >= 4 is 17.5 Å². The molecule has 1 aliphatic heterocycles. The molecule has 2 aromatic carbocycles. The molecule has 1 saturated heterocycles. The SMILES string of the molecule is COc1cccc(NC(=O)C[NH+]2CCC(NC(=O)c3ccccc3)CC2)c1. The number of hydrogen-bond acceptors (Lipinski definition) is 3. The fourth-order valence-electron chi connectivity index (χ4n) is 3.34. The lowest BCUT2D eigenvalue weighted by molar-refractivity contribution is -0.897. The number of benzene rings is 2. The van der Waals surface area contributed by atoms with Crippen LogP contribution >= 0.6 is 0 Å². The second-order valence-corrected chi connectivity index (χ2v) is 6.82. The zero-order valence-corrected chi connectivity index (χ0v) is 15.5. The number of methoxy groups -OCH3 is 1. The van der Waals surface area contributed by atoms with Gasteiger partial charge in [-0.3, -0.25) is 9.59 Å². The van der Waals surface area contributed by atoms with Crippen molar-refractivity contribution in [1.82, 2.24) is 5.32 Å². The molecule has 142 valence electrons. The second-order valence-electron chi connectivity index (χ2n) is 6.82. The van der Waals surface area contributed by atoms with Gasteiger partial charge in [-0.25, -0.2) is 0 Å². The molecule has 0 atom stereocenters. The van der Waals surface area contributed by atoms with E-state index in [2.05, 4.69) is 10.6 Å². The summed E-state index contributed by atoms with van der Waals surface area (Å²) in [6.45, 7) is 2.16. The summed E-state index contributed by atoms with van der Waals surface area (Å²) in [6.07, 6.45) is 1.75. The lowest BCUT2D eigenvalue weighted by Gasteiger charge is -2.29. The standard InChI is InChI=1S/C21H25N3O3/c1-27-19-9-5-8-18(14-19)22-20(25)15-24-12-10-17(11-13-24)23-21(26)16-6-3-2-4-7-16/h2-9,14,17H,10-13,15H2,1H3,(H,22,25)(H,23,26)/p+1. The van der Waals surface area contributed by atoms with Crippen molar-refractivity contribution in [2.45, 2.75) is 18.9 Å².